The van der Waals surface area contributed by atoms with E-state index >= 15 is 0 Å². The van der Waals surface area contributed by atoms with E-state index < -0.39 is 14.4 Å². The topological polar surface area (TPSA) is 44.8 Å². The van der Waals surface area contributed by atoms with Gasteiger partial charge in [0.1, 0.15) is 18.5 Å². The average molecular weight is 387 g/mol. The van der Waals surface area contributed by atoms with Crippen LogP contribution in [0.1, 0.15) is 25.0 Å². The fourth-order valence-corrected chi connectivity index (χ4v) is 3.62. The van der Waals surface area contributed by atoms with Gasteiger partial charge < -0.3 is 13.9 Å². The van der Waals surface area contributed by atoms with Crippen LogP contribution in [-0.4, -0.2) is 26.5 Å². The molecule has 2 aromatic carbocycles. The Kier molecular flexibility index (Phi) is 7.62. The fraction of sp³-hybridized carbons (Fsp3) is 0.409. The zero-order chi connectivity index (χ0) is 19.9. The Morgan fingerprint density at radius 1 is 0.926 bits per heavy atom. The maximum absolute atomic E-state index is 12.4. The molecule has 0 unspecified atom stereocenters. The Bertz CT molecular complexity index is 705. The molecule has 0 heterocycles. The fourth-order valence-electron chi connectivity index (χ4n) is 2.58. The number of esters is 1. The number of ether oxygens (including phenoxy) is 2. The van der Waals surface area contributed by atoms with Crippen molar-refractivity contribution in [3.8, 4) is 5.75 Å². The van der Waals surface area contributed by atoms with Crippen LogP contribution < -0.4 is 4.74 Å². The number of rotatable bonds is 9. The van der Waals surface area contributed by atoms with E-state index in [1.807, 2.05) is 68.4 Å². The summed E-state index contributed by atoms with van der Waals surface area (Å²) in [6.07, 6.45) is -0.233. The predicted octanol–water partition coefficient (Wildman–Crippen LogP) is 4.98. The summed E-state index contributed by atoms with van der Waals surface area (Å²) in [6.45, 7) is 10.4. The lowest BCUT2D eigenvalue weighted by molar-refractivity contribution is -0.156. The molecular formula is C22H30O4Si. The first-order chi connectivity index (χ1) is 12.7. The molecule has 2 aromatic rings. The van der Waals surface area contributed by atoms with E-state index in [4.69, 9.17) is 13.9 Å². The third kappa shape index (κ3) is 7.97. The molecule has 27 heavy (non-hydrogen) atoms. The SMILES string of the molecule is CC(C)OC(=O)[C@H](Cc1ccc(OCc2ccccc2)cc1)O[Si](C)(C)C. The third-order valence-electron chi connectivity index (χ3n) is 3.70. The van der Waals surface area contributed by atoms with Gasteiger partial charge in [-0.3, -0.25) is 0 Å². The van der Waals surface area contributed by atoms with Crippen molar-refractivity contribution in [1.29, 1.82) is 0 Å². The van der Waals surface area contributed by atoms with E-state index in [0.717, 1.165) is 16.9 Å². The normalized spacial score (nSPS) is 12.7. The predicted molar refractivity (Wildman–Crippen MR) is 110 cm³/mol. The first-order valence-corrected chi connectivity index (χ1v) is 12.8. The number of carbonyl (C=O) groups excluding carboxylic acids is 1. The lowest BCUT2D eigenvalue weighted by Crippen LogP contribution is -2.39. The van der Waals surface area contributed by atoms with E-state index in [0.29, 0.717) is 13.0 Å². The Morgan fingerprint density at radius 2 is 1.56 bits per heavy atom. The van der Waals surface area contributed by atoms with Crippen LogP contribution in [-0.2, 0) is 27.0 Å². The Morgan fingerprint density at radius 3 is 2.11 bits per heavy atom. The second-order valence-corrected chi connectivity index (χ2v) is 12.3. The molecule has 0 aliphatic rings. The molecule has 0 saturated carbocycles. The van der Waals surface area contributed by atoms with Crippen LogP contribution >= 0.6 is 0 Å². The van der Waals surface area contributed by atoms with Gasteiger partial charge in [0.25, 0.3) is 0 Å². The van der Waals surface area contributed by atoms with Crippen molar-refractivity contribution in [3.63, 3.8) is 0 Å². The van der Waals surface area contributed by atoms with E-state index in [2.05, 4.69) is 19.6 Å². The van der Waals surface area contributed by atoms with Crippen LogP contribution in [0.15, 0.2) is 54.6 Å². The first kappa shape index (κ1) is 21.2. The summed E-state index contributed by atoms with van der Waals surface area (Å²) in [7, 11) is -1.87. The summed E-state index contributed by atoms with van der Waals surface area (Å²) >= 11 is 0. The standard InChI is InChI=1S/C22H30O4Si/c1-17(2)25-22(23)21(26-27(3,4)5)15-18-11-13-20(14-12-18)24-16-19-9-7-6-8-10-19/h6-14,17,21H,15-16H2,1-5H3/t21-/m0/s1. The second-order valence-electron chi connectivity index (χ2n) is 7.83. The van der Waals surface area contributed by atoms with Crippen molar-refractivity contribution in [2.45, 2.75) is 58.7 Å². The summed E-state index contributed by atoms with van der Waals surface area (Å²) in [5.41, 5.74) is 2.15. The lowest BCUT2D eigenvalue weighted by atomic mass is 10.1. The smallest absolute Gasteiger partial charge is 0.334 e. The highest BCUT2D eigenvalue weighted by Crippen LogP contribution is 2.18. The van der Waals surface area contributed by atoms with Crippen molar-refractivity contribution in [2.75, 3.05) is 0 Å². The number of benzene rings is 2. The van der Waals surface area contributed by atoms with Crippen molar-refractivity contribution >= 4 is 14.3 Å². The summed E-state index contributed by atoms with van der Waals surface area (Å²) < 4.78 is 17.3. The van der Waals surface area contributed by atoms with Crippen LogP contribution in [0.25, 0.3) is 0 Å². The third-order valence-corrected chi connectivity index (χ3v) is 4.69. The molecule has 0 aliphatic carbocycles. The average Bonchev–Trinajstić information content (AvgIpc) is 2.60. The molecule has 1 atom stereocenters. The number of hydrogen-bond donors (Lipinski definition) is 0. The summed E-state index contributed by atoms with van der Waals surface area (Å²) in [6, 6.07) is 17.9. The highest BCUT2D eigenvalue weighted by molar-refractivity contribution is 6.69. The first-order valence-electron chi connectivity index (χ1n) is 9.37. The van der Waals surface area contributed by atoms with Crippen molar-refractivity contribution in [1.82, 2.24) is 0 Å². The van der Waals surface area contributed by atoms with E-state index in [1.165, 1.54) is 0 Å². The van der Waals surface area contributed by atoms with Gasteiger partial charge >= 0.3 is 5.97 Å². The van der Waals surface area contributed by atoms with Gasteiger partial charge in [0.2, 0.25) is 0 Å². The number of hydrogen-bond acceptors (Lipinski definition) is 4. The molecule has 2 rings (SSSR count). The molecule has 0 aromatic heterocycles. The molecule has 0 saturated heterocycles. The molecule has 0 spiro atoms. The minimum absolute atomic E-state index is 0.154. The molecular weight excluding hydrogens is 356 g/mol. The van der Waals surface area contributed by atoms with Gasteiger partial charge in [0, 0.05) is 6.42 Å². The summed E-state index contributed by atoms with van der Waals surface area (Å²) in [5.74, 6) is 0.506. The van der Waals surface area contributed by atoms with Crippen molar-refractivity contribution in [3.05, 3.63) is 65.7 Å². The minimum Gasteiger partial charge on any atom is -0.489 e. The molecule has 0 radical (unpaired) electrons. The number of carbonyl (C=O) groups is 1. The van der Waals surface area contributed by atoms with Crippen molar-refractivity contribution in [2.24, 2.45) is 0 Å². The van der Waals surface area contributed by atoms with Crippen LogP contribution in [0.4, 0.5) is 0 Å². The highest BCUT2D eigenvalue weighted by atomic mass is 28.4. The largest absolute Gasteiger partial charge is 0.489 e. The van der Waals surface area contributed by atoms with E-state index in [-0.39, 0.29) is 12.1 Å². The minimum atomic E-state index is -1.87. The van der Waals surface area contributed by atoms with Crippen molar-refractivity contribution < 1.29 is 18.7 Å². The van der Waals surface area contributed by atoms with E-state index in [1.54, 1.807) is 0 Å². The maximum Gasteiger partial charge on any atom is 0.334 e. The maximum atomic E-state index is 12.4. The zero-order valence-electron chi connectivity index (χ0n) is 16.9. The van der Waals surface area contributed by atoms with E-state index in [9.17, 15) is 4.79 Å². The Hall–Kier alpha value is -2.11. The van der Waals surface area contributed by atoms with Gasteiger partial charge in [-0.05, 0) is 56.7 Å². The zero-order valence-corrected chi connectivity index (χ0v) is 17.9. The molecule has 0 aliphatic heterocycles. The van der Waals surface area contributed by atoms with Crippen LogP contribution in [0, 0.1) is 0 Å². The molecule has 0 bridgehead atoms. The summed E-state index contributed by atoms with van der Waals surface area (Å²) in [4.78, 5) is 12.4. The van der Waals surface area contributed by atoms with Crippen LogP contribution in [0.5, 0.6) is 5.75 Å². The Balaban J connectivity index is 1.99. The van der Waals surface area contributed by atoms with Gasteiger partial charge in [0.05, 0.1) is 6.10 Å². The van der Waals surface area contributed by atoms with Gasteiger partial charge in [-0.2, -0.15) is 0 Å². The highest BCUT2D eigenvalue weighted by Gasteiger charge is 2.28. The van der Waals surface area contributed by atoms with Gasteiger partial charge in [-0.1, -0.05) is 42.5 Å². The summed E-state index contributed by atoms with van der Waals surface area (Å²) in [5, 5.41) is 0. The Labute approximate surface area is 163 Å². The molecule has 0 fully saturated rings. The van der Waals surface area contributed by atoms with Gasteiger partial charge in [-0.15, -0.1) is 0 Å². The lowest BCUT2D eigenvalue weighted by Gasteiger charge is -2.26. The van der Waals surface area contributed by atoms with Gasteiger partial charge in [-0.25, -0.2) is 4.79 Å². The quantitative estimate of drug-likeness (QED) is 0.450. The molecule has 0 N–H and O–H groups in total. The molecule has 4 nitrogen and oxygen atoms in total. The monoisotopic (exact) mass is 386 g/mol. The molecule has 0 amide bonds. The molecule has 146 valence electrons. The van der Waals surface area contributed by atoms with Crippen LogP contribution in [0.3, 0.4) is 0 Å². The second kappa shape index (κ2) is 9.72. The van der Waals surface area contributed by atoms with Gasteiger partial charge in [0.15, 0.2) is 8.32 Å². The van der Waals surface area contributed by atoms with Crippen LogP contribution in [0.2, 0.25) is 19.6 Å². The molecule has 5 heteroatoms.